The average Bonchev–Trinajstić information content (AvgIpc) is 2.72. The van der Waals surface area contributed by atoms with Crippen molar-refractivity contribution >= 4 is 11.9 Å². The maximum absolute atomic E-state index is 11.8. The van der Waals surface area contributed by atoms with Gasteiger partial charge >= 0.3 is 5.97 Å². The van der Waals surface area contributed by atoms with Crippen LogP contribution >= 0.6 is 0 Å². The lowest BCUT2D eigenvalue weighted by atomic mass is 9.88. The van der Waals surface area contributed by atoms with E-state index in [1.165, 1.54) is 0 Å². The Morgan fingerprint density at radius 1 is 1.39 bits per heavy atom. The molecule has 0 saturated carbocycles. The fourth-order valence-corrected chi connectivity index (χ4v) is 2.25. The van der Waals surface area contributed by atoms with Crippen molar-refractivity contribution in [2.45, 2.75) is 19.8 Å². The highest BCUT2D eigenvalue weighted by molar-refractivity contribution is 6.00. The number of carbonyl (C=O) groups excluding carboxylic acids is 2. The molecule has 1 heterocycles. The van der Waals surface area contributed by atoms with Gasteiger partial charge in [-0.2, -0.15) is 0 Å². The molecule has 2 atom stereocenters. The number of esters is 1. The number of aryl methyl sites for hydroxylation is 1. The highest BCUT2D eigenvalue weighted by Gasteiger charge is 2.41. The van der Waals surface area contributed by atoms with Crippen molar-refractivity contribution in [1.29, 1.82) is 0 Å². The summed E-state index contributed by atoms with van der Waals surface area (Å²) in [5.74, 6) is -1.51. The lowest BCUT2D eigenvalue weighted by molar-refractivity contribution is -0.151. The molecule has 1 aromatic rings. The van der Waals surface area contributed by atoms with Crippen LogP contribution in [0, 0.1) is 12.8 Å². The Labute approximate surface area is 106 Å². The van der Waals surface area contributed by atoms with Crippen LogP contribution in [-0.4, -0.2) is 25.0 Å². The Hall–Kier alpha value is -1.84. The quantitative estimate of drug-likeness (QED) is 0.648. The summed E-state index contributed by atoms with van der Waals surface area (Å²) in [6.07, 6.45) is 0. The molecular weight excluding hydrogens is 230 g/mol. The fraction of sp³-hybridized carbons (Fsp3) is 0.429. The van der Waals surface area contributed by atoms with E-state index in [-0.39, 0.29) is 11.8 Å². The molecule has 1 aliphatic heterocycles. The molecule has 0 radical (unpaired) electrons. The summed E-state index contributed by atoms with van der Waals surface area (Å²) in [7, 11) is 0. The van der Waals surface area contributed by atoms with Crippen molar-refractivity contribution < 1.29 is 14.3 Å². The lowest BCUT2D eigenvalue weighted by Crippen LogP contribution is -2.28. The van der Waals surface area contributed by atoms with Crippen LogP contribution in [0.15, 0.2) is 24.3 Å². The molecule has 0 aromatic heterocycles. The van der Waals surface area contributed by atoms with E-state index in [1.807, 2.05) is 31.2 Å². The summed E-state index contributed by atoms with van der Waals surface area (Å²) < 4.78 is 4.97. The number of hydrogen-bond donors (Lipinski definition) is 1. The Morgan fingerprint density at radius 2 is 2.06 bits per heavy atom. The third kappa shape index (κ3) is 2.37. The van der Waals surface area contributed by atoms with Crippen molar-refractivity contribution in [1.82, 2.24) is 5.32 Å². The first-order valence-corrected chi connectivity index (χ1v) is 6.14. The zero-order valence-electron chi connectivity index (χ0n) is 10.6. The second kappa shape index (κ2) is 5.21. The van der Waals surface area contributed by atoms with Crippen LogP contribution in [0.2, 0.25) is 0 Å². The summed E-state index contributed by atoms with van der Waals surface area (Å²) in [6.45, 7) is 4.53. The third-order valence-electron chi connectivity index (χ3n) is 3.23. The van der Waals surface area contributed by atoms with Crippen LogP contribution in [-0.2, 0) is 14.3 Å². The van der Waals surface area contributed by atoms with E-state index >= 15 is 0 Å². The minimum Gasteiger partial charge on any atom is -0.465 e. The zero-order chi connectivity index (χ0) is 13.1. The van der Waals surface area contributed by atoms with Crippen molar-refractivity contribution in [3.63, 3.8) is 0 Å². The molecule has 0 bridgehead atoms. The molecule has 1 N–H and O–H groups in total. The van der Waals surface area contributed by atoms with Gasteiger partial charge in [-0.1, -0.05) is 29.8 Å². The van der Waals surface area contributed by atoms with Gasteiger partial charge in [-0.3, -0.25) is 9.59 Å². The fourth-order valence-electron chi connectivity index (χ4n) is 2.25. The van der Waals surface area contributed by atoms with Crippen LogP contribution in [0.25, 0.3) is 0 Å². The van der Waals surface area contributed by atoms with Gasteiger partial charge in [-0.25, -0.2) is 0 Å². The number of rotatable bonds is 3. The Bertz CT molecular complexity index is 453. The summed E-state index contributed by atoms with van der Waals surface area (Å²) in [4.78, 5) is 23.6. The smallest absolute Gasteiger partial charge is 0.319 e. The van der Waals surface area contributed by atoms with Crippen molar-refractivity contribution in [3.05, 3.63) is 35.4 Å². The highest BCUT2D eigenvalue weighted by Crippen LogP contribution is 2.30. The number of ether oxygens (including phenoxy) is 1. The second-order valence-corrected chi connectivity index (χ2v) is 4.49. The predicted molar refractivity (Wildman–Crippen MR) is 67.1 cm³/mol. The maximum atomic E-state index is 11.8. The molecule has 1 amide bonds. The molecule has 0 aliphatic carbocycles. The molecule has 96 valence electrons. The van der Waals surface area contributed by atoms with Gasteiger partial charge in [0.1, 0.15) is 5.92 Å². The Kier molecular flexibility index (Phi) is 3.65. The molecule has 4 heteroatoms. The van der Waals surface area contributed by atoms with E-state index in [0.29, 0.717) is 13.2 Å². The van der Waals surface area contributed by atoms with E-state index in [2.05, 4.69) is 5.32 Å². The molecule has 1 fully saturated rings. The van der Waals surface area contributed by atoms with Crippen LogP contribution in [0.3, 0.4) is 0 Å². The molecule has 1 aromatic carbocycles. The monoisotopic (exact) mass is 247 g/mol. The third-order valence-corrected chi connectivity index (χ3v) is 3.23. The molecule has 2 unspecified atom stereocenters. The molecule has 1 saturated heterocycles. The van der Waals surface area contributed by atoms with Gasteiger partial charge in [-0.15, -0.1) is 0 Å². The van der Waals surface area contributed by atoms with Gasteiger partial charge < -0.3 is 10.1 Å². The van der Waals surface area contributed by atoms with Crippen LogP contribution in [0.1, 0.15) is 24.0 Å². The molecule has 4 nitrogen and oxygen atoms in total. The number of hydrogen-bond acceptors (Lipinski definition) is 3. The summed E-state index contributed by atoms with van der Waals surface area (Å²) in [5, 5.41) is 2.73. The molecule has 0 spiro atoms. The molecule has 18 heavy (non-hydrogen) atoms. The second-order valence-electron chi connectivity index (χ2n) is 4.49. The molecule has 2 rings (SSSR count). The van der Waals surface area contributed by atoms with Gasteiger partial charge in [0.05, 0.1) is 6.61 Å². The zero-order valence-corrected chi connectivity index (χ0v) is 10.6. The van der Waals surface area contributed by atoms with Gasteiger partial charge in [-0.05, 0) is 19.4 Å². The molecule has 1 aliphatic rings. The number of carbonyl (C=O) groups is 2. The molecular formula is C14H17NO3. The predicted octanol–water partition coefficient (Wildman–Crippen LogP) is 1.39. The van der Waals surface area contributed by atoms with Crippen molar-refractivity contribution in [3.8, 4) is 0 Å². The van der Waals surface area contributed by atoms with Gasteiger partial charge in [0.15, 0.2) is 0 Å². The van der Waals surface area contributed by atoms with Gasteiger partial charge in [0.25, 0.3) is 0 Å². The minimum atomic E-state index is -0.715. The van der Waals surface area contributed by atoms with Crippen LogP contribution < -0.4 is 5.32 Å². The normalized spacial score (nSPS) is 22.7. The standard InChI is InChI=1S/C14H17NO3/c1-3-18-14(17)12-11(8-15-13(12)16)10-6-4-9(2)5-7-10/h4-7,11-12H,3,8H2,1-2H3,(H,15,16). The van der Waals surface area contributed by atoms with Crippen LogP contribution in [0.5, 0.6) is 0 Å². The SMILES string of the molecule is CCOC(=O)C1C(=O)NCC1c1ccc(C)cc1. The highest BCUT2D eigenvalue weighted by atomic mass is 16.5. The van der Waals surface area contributed by atoms with Crippen LogP contribution in [0.4, 0.5) is 0 Å². The first kappa shape index (κ1) is 12.6. The number of amides is 1. The number of benzene rings is 1. The Morgan fingerprint density at radius 3 is 2.67 bits per heavy atom. The summed E-state index contributed by atoms with van der Waals surface area (Å²) in [5.41, 5.74) is 2.15. The maximum Gasteiger partial charge on any atom is 0.319 e. The summed E-state index contributed by atoms with van der Waals surface area (Å²) in [6, 6.07) is 7.90. The van der Waals surface area contributed by atoms with E-state index in [1.54, 1.807) is 6.92 Å². The first-order valence-electron chi connectivity index (χ1n) is 6.14. The lowest BCUT2D eigenvalue weighted by Gasteiger charge is -2.15. The van der Waals surface area contributed by atoms with Crippen molar-refractivity contribution in [2.24, 2.45) is 5.92 Å². The van der Waals surface area contributed by atoms with Crippen molar-refractivity contribution in [2.75, 3.05) is 13.2 Å². The largest absolute Gasteiger partial charge is 0.465 e. The van der Waals surface area contributed by atoms with Gasteiger partial charge in [0.2, 0.25) is 5.91 Å². The number of nitrogens with one attached hydrogen (secondary N) is 1. The Balaban J connectivity index is 2.23. The van der Waals surface area contributed by atoms with E-state index < -0.39 is 11.9 Å². The minimum absolute atomic E-state index is 0.128. The van der Waals surface area contributed by atoms with E-state index in [9.17, 15) is 9.59 Å². The average molecular weight is 247 g/mol. The topological polar surface area (TPSA) is 55.4 Å². The van der Waals surface area contributed by atoms with E-state index in [4.69, 9.17) is 4.74 Å². The van der Waals surface area contributed by atoms with E-state index in [0.717, 1.165) is 11.1 Å². The van der Waals surface area contributed by atoms with Gasteiger partial charge in [0, 0.05) is 12.5 Å². The first-order chi connectivity index (χ1) is 8.63. The summed E-state index contributed by atoms with van der Waals surface area (Å²) >= 11 is 0.